The van der Waals surface area contributed by atoms with Gasteiger partial charge >= 0.3 is 5.97 Å². The van der Waals surface area contributed by atoms with E-state index in [1.807, 2.05) is 0 Å². The Kier molecular flexibility index (Phi) is 20.8. The average molecular weight is 307 g/mol. The van der Waals surface area contributed by atoms with Crippen molar-refractivity contribution in [2.75, 3.05) is 39.5 Å². The van der Waals surface area contributed by atoms with Gasteiger partial charge in [0.25, 0.3) is 0 Å². The normalized spacial score (nSPS) is 10.3. The molecule has 0 fully saturated rings. The third-order valence-corrected chi connectivity index (χ3v) is 2.99. The van der Waals surface area contributed by atoms with Crippen LogP contribution in [0.5, 0.6) is 0 Å². The summed E-state index contributed by atoms with van der Waals surface area (Å²) < 4.78 is 0. The Morgan fingerprint density at radius 3 is 1.62 bits per heavy atom. The molecule has 6 heteroatoms. The summed E-state index contributed by atoms with van der Waals surface area (Å²) in [5.41, 5.74) is 0. The van der Waals surface area contributed by atoms with Crippen molar-refractivity contribution in [3.05, 3.63) is 0 Å². The molecule has 6 nitrogen and oxygen atoms in total. The number of aliphatic hydroxyl groups is 3. The van der Waals surface area contributed by atoms with Crippen molar-refractivity contribution in [2.45, 2.75) is 51.9 Å². The zero-order valence-corrected chi connectivity index (χ0v) is 13.3. The standard InChI is InChI=1S/C9H18O2.C6H15NO3/c1-2-3-4-5-6-7-8-9(10)11;8-4-1-7(2-5-9)3-6-10/h2-8H2,1H3,(H,10,11);8-10H,1-6H2. The van der Waals surface area contributed by atoms with Crippen LogP contribution in [0.15, 0.2) is 0 Å². The number of unbranched alkanes of at least 4 members (excludes halogenated alkanes) is 5. The van der Waals surface area contributed by atoms with Crippen molar-refractivity contribution >= 4 is 5.97 Å². The molecule has 0 amide bonds. The summed E-state index contributed by atoms with van der Waals surface area (Å²) in [5.74, 6) is -0.666. The van der Waals surface area contributed by atoms with Gasteiger partial charge in [0, 0.05) is 26.1 Å². The summed E-state index contributed by atoms with van der Waals surface area (Å²) in [6.07, 6.45) is 7.25. The second-order valence-electron chi connectivity index (χ2n) is 4.92. The van der Waals surface area contributed by atoms with Crippen LogP contribution in [0.25, 0.3) is 0 Å². The topological polar surface area (TPSA) is 101 Å². The van der Waals surface area contributed by atoms with E-state index < -0.39 is 5.97 Å². The van der Waals surface area contributed by atoms with Crippen LogP contribution in [0.1, 0.15) is 51.9 Å². The molecule has 0 atom stereocenters. The minimum atomic E-state index is -0.666. The molecule has 21 heavy (non-hydrogen) atoms. The maximum atomic E-state index is 10.1. The van der Waals surface area contributed by atoms with Gasteiger partial charge in [0.2, 0.25) is 0 Å². The molecule has 4 N–H and O–H groups in total. The summed E-state index contributed by atoms with van der Waals surface area (Å²) in [6, 6.07) is 0. The lowest BCUT2D eigenvalue weighted by molar-refractivity contribution is -0.137. The molecule has 0 aromatic carbocycles. The number of nitrogens with zero attached hydrogens (tertiary/aromatic N) is 1. The van der Waals surface area contributed by atoms with Crippen molar-refractivity contribution in [1.82, 2.24) is 4.90 Å². The molecule has 0 bridgehead atoms. The van der Waals surface area contributed by atoms with E-state index in [0.29, 0.717) is 26.1 Å². The molecule has 128 valence electrons. The summed E-state index contributed by atoms with van der Waals surface area (Å²) in [7, 11) is 0. The van der Waals surface area contributed by atoms with Crippen LogP contribution in [-0.4, -0.2) is 70.8 Å². The Bertz CT molecular complexity index is 200. The van der Waals surface area contributed by atoms with E-state index in [4.69, 9.17) is 20.4 Å². The number of carbonyl (C=O) groups is 1. The molecule has 0 saturated heterocycles. The number of rotatable bonds is 13. The molecular formula is C15H33NO5. The highest BCUT2D eigenvalue weighted by Gasteiger charge is 2.00. The molecule has 0 heterocycles. The summed E-state index contributed by atoms with van der Waals surface area (Å²) in [6.45, 7) is 3.93. The molecule has 0 radical (unpaired) electrons. The van der Waals surface area contributed by atoms with Gasteiger partial charge in [0.05, 0.1) is 19.8 Å². The van der Waals surface area contributed by atoms with Gasteiger partial charge in [-0.1, -0.05) is 39.0 Å². The lowest BCUT2D eigenvalue weighted by atomic mass is 10.1. The molecule has 0 unspecified atom stereocenters. The largest absolute Gasteiger partial charge is 0.481 e. The molecule has 0 aliphatic carbocycles. The smallest absolute Gasteiger partial charge is 0.303 e. The summed E-state index contributed by atoms with van der Waals surface area (Å²) >= 11 is 0. The molecular weight excluding hydrogens is 274 g/mol. The molecule has 0 rings (SSSR count). The van der Waals surface area contributed by atoms with Crippen LogP contribution < -0.4 is 0 Å². The molecule has 0 spiro atoms. The van der Waals surface area contributed by atoms with Crippen LogP contribution in [-0.2, 0) is 4.79 Å². The molecule has 0 aliphatic rings. The molecule has 0 aromatic heterocycles. The highest BCUT2D eigenvalue weighted by Crippen LogP contribution is 2.06. The number of carboxylic acids is 1. The Morgan fingerprint density at radius 2 is 1.24 bits per heavy atom. The molecule has 0 saturated carbocycles. The zero-order valence-electron chi connectivity index (χ0n) is 13.3. The highest BCUT2D eigenvalue weighted by molar-refractivity contribution is 5.66. The van der Waals surface area contributed by atoms with Gasteiger partial charge in [-0.3, -0.25) is 9.69 Å². The van der Waals surface area contributed by atoms with Crippen molar-refractivity contribution in [2.24, 2.45) is 0 Å². The van der Waals surface area contributed by atoms with Gasteiger partial charge < -0.3 is 20.4 Å². The second kappa shape index (κ2) is 19.3. The number of carboxylic acid groups (broad SMARTS) is 1. The van der Waals surface area contributed by atoms with Crippen molar-refractivity contribution in [3.8, 4) is 0 Å². The SMILES string of the molecule is CCCCCCCCC(=O)O.OCCN(CCO)CCO. The third-order valence-electron chi connectivity index (χ3n) is 2.99. The van der Waals surface area contributed by atoms with Crippen LogP contribution in [0, 0.1) is 0 Å². The summed E-state index contributed by atoms with van der Waals surface area (Å²) in [5, 5.41) is 33.8. The van der Waals surface area contributed by atoms with E-state index in [1.54, 1.807) is 4.90 Å². The minimum absolute atomic E-state index is 0.0694. The Morgan fingerprint density at radius 1 is 0.810 bits per heavy atom. The fourth-order valence-electron chi connectivity index (χ4n) is 1.82. The monoisotopic (exact) mass is 307 g/mol. The van der Waals surface area contributed by atoms with E-state index in [-0.39, 0.29) is 19.8 Å². The van der Waals surface area contributed by atoms with Gasteiger partial charge in [-0.15, -0.1) is 0 Å². The fourth-order valence-corrected chi connectivity index (χ4v) is 1.82. The van der Waals surface area contributed by atoms with Crippen molar-refractivity contribution < 1.29 is 25.2 Å². The average Bonchev–Trinajstić information content (AvgIpc) is 2.44. The first-order valence-corrected chi connectivity index (χ1v) is 7.89. The Hall–Kier alpha value is -0.690. The van der Waals surface area contributed by atoms with E-state index in [9.17, 15) is 4.79 Å². The van der Waals surface area contributed by atoms with E-state index in [0.717, 1.165) is 12.8 Å². The maximum absolute atomic E-state index is 10.1. The van der Waals surface area contributed by atoms with Crippen LogP contribution >= 0.6 is 0 Å². The second-order valence-corrected chi connectivity index (χ2v) is 4.92. The van der Waals surface area contributed by atoms with Crippen LogP contribution in [0.2, 0.25) is 0 Å². The third kappa shape index (κ3) is 21.8. The van der Waals surface area contributed by atoms with Gasteiger partial charge in [-0.05, 0) is 6.42 Å². The lowest BCUT2D eigenvalue weighted by Crippen LogP contribution is -2.32. The summed E-state index contributed by atoms with van der Waals surface area (Å²) in [4.78, 5) is 11.9. The van der Waals surface area contributed by atoms with E-state index >= 15 is 0 Å². The van der Waals surface area contributed by atoms with Crippen LogP contribution in [0.4, 0.5) is 0 Å². The molecule has 0 aliphatic heterocycles. The van der Waals surface area contributed by atoms with Gasteiger partial charge in [-0.25, -0.2) is 0 Å². The van der Waals surface area contributed by atoms with Gasteiger partial charge in [-0.2, -0.15) is 0 Å². The number of hydrogen-bond donors (Lipinski definition) is 4. The maximum Gasteiger partial charge on any atom is 0.303 e. The first-order valence-electron chi connectivity index (χ1n) is 7.89. The number of hydrogen-bond acceptors (Lipinski definition) is 5. The van der Waals surface area contributed by atoms with E-state index in [2.05, 4.69) is 6.92 Å². The quantitative estimate of drug-likeness (QED) is 0.380. The van der Waals surface area contributed by atoms with Crippen molar-refractivity contribution in [1.29, 1.82) is 0 Å². The fraction of sp³-hybridized carbons (Fsp3) is 0.933. The Balaban J connectivity index is 0. The predicted octanol–water partition coefficient (Wildman–Crippen LogP) is 1.09. The van der Waals surface area contributed by atoms with Gasteiger partial charge in [0.1, 0.15) is 0 Å². The van der Waals surface area contributed by atoms with Crippen LogP contribution in [0.3, 0.4) is 0 Å². The van der Waals surface area contributed by atoms with Gasteiger partial charge in [0.15, 0.2) is 0 Å². The lowest BCUT2D eigenvalue weighted by Gasteiger charge is -2.17. The Labute approximate surface area is 128 Å². The first kappa shape index (κ1) is 22.6. The minimum Gasteiger partial charge on any atom is -0.481 e. The number of aliphatic carboxylic acids is 1. The number of aliphatic hydroxyl groups excluding tert-OH is 3. The zero-order chi connectivity index (χ0) is 16.3. The predicted molar refractivity (Wildman–Crippen MR) is 83.3 cm³/mol. The molecule has 0 aromatic rings. The highest BCUT2D eigenvalue weighted by atomic mass is 16.4. The first-order chi connectivity index (χ1) is 10.1. The van der Waals surface area contributed by atoms with E-state index in [1.165, 1.54) is 25.7 Å². The van der Waals surface area contributed by atoms with Crippen molar-refractivity contribution in [3.63, 3.8) is 0 Å².